The van der Waals surface area contributed by atoms with Gasteiger partial charge in [0.25, 0.3) is 11.8 Å². The third-order valence-corrected chi connectivity index (χ3v) is 21.2. The number of urea groups is 1. The number of aromatic nitrogens is 6. The van der Waals surface area contributed by atoms with Crippen LogP contribution in [0.1, 0.15) is 144 Å². The SMILES string of the molecule is Cc1c(Nc2nc3ccccc3s2)nnc2c1CCCN2c1ccc(-c2cnn(CC34CC5(CCCN(CCCO)C(=O)OCc6ccc(NC(=O)[C@H](CCCNC(N)=O)NC(=O)[C@@H](NC(=O)CCOCCN7C(=O)C=CC7=O)C(C)C)cc6)C[C@@](C)(C3)C[C@](C)(C5)C4)c2C)c(C(=O)O)n1. The van der Waals surface area contributed by atoms with Gasteiger partial charge in [0.15, 0.2) is 22.5 Å². The van der Waals surface area contributed by atoms with Crippen LogP contribution in [0.2, 0.25) is 0 Å². The molecule has 0 spiro atoms. The number of imide groups is 1. The molecule has 6 aliphatic rings. The number of nitrogens with one attached hydrogen (secondary N) is 5. The first kappa shape index (κ1) is 71.9. The van der Waals surface area contributed by atoms with Gasteiger partial charge in [0.1, 0.15) is 24.5 Å². The van der Waals surface area contributed by atoms with Gasteiger partial charge in [0.05, 0.1) is 36.2 Å². The van der Waals surface area contributed by atoms with Crippen LogP contribution in [0.3, 0.4) is 0 Å². The van der Waals surface area contributed by atoms with Crippen molar-refractivity contribution >= 4 is 97.5 Å². The largest absolute Gasteiger partial charge is 0.476 e. The summed E-state index contributed by atoms with van der Waals surface area (Å²) in [7, 11) is 0. The lowest BCUT2D eigenvalue weighted by Gasteiger charge is -2.70. The van der Waals surface area contributed by atoms with Crippen molar-refractivity contribution in [3.05, 3.63) is 107 Å². The molecule has 0 radical (unpaired) electrons. The van der Waals surface area contributed by atoms with E-state index in [0.717, 1.165) is 107 Å². The zero-order valence-corrected chi connectivity index (χ0v) is 58.5. The van der Waals surface area contributed by atoms with Crippen molar-refractivity contribution in [1.82, 2.24) is 55.7 Å². The summed E-state index contributed by atoms with van der Waals surface area (Å²) in [5.74, 6) is -2.30. The average Bonchev–Trinajstić information content (AvgIpc) is 0.919. The van der Waals surface area contributed by atoms with Crippen LogP contribution in [0, 0.1) is 41.4 Å². The van der Waals surface area contributed by atoms with Gasteiger partial charge in [-0.05, 0) is 167 Å². The number of rotatable bonds is 32. The molecule has 6 atom stereocenters. The summed E-state index contributed by atoms with van der Waals surface area (Å²) >= 11 is 1.55. The lowest BCUT2D eigenvalue weighted by Crippen LogP contribution is -2.60. The van der Waals surface area contributed by atoms with Crippen LogP contribution in [0.15, 0.2) is 79.0 Å². The van der Waals surface area contributed by atoms with Gasteiger partial charge >= 0.3 is 18.1 Å². The number of aliphatic hydroxyl groups excluding tert-OH is 1. The summed E-state index contributed by atoms with van der Waals surface area (Å²) in [6.45, 7) is 14.4. The molecule has 8 amide bonds. The van der Waals surface area contributed by atoms with Crippen LogP contribution in [-0.2, 0) is 53.0 Å². The topological polar surface area (TPSA) is 361 Å². The minimum Gasteiger partial charge on any atom is -0.476 e. The fourth-order valence-corrected chi connectivity index (χ4v) is 17.9. The summed E-state index contributed by atoms with van der Waals surface area (Å²) < 4.78 is 14.5. The Bertz CT molecular complexity index is 4030. The standard InChI is InChI=1S/C72H91N15O12S/c1-44(2)59(80-56(89)25-33-98-34-31-86-57(90)23-24-58(86)91)64(93)77-53(15-9-27-74-66(73)96)63(92)76-48-19-17-47(18-20-48)36-99-68(97)84(29-12-32-88)28-11-26-71-38-69(5)37-70(6,39-71)41-72(40-69,42-71)43-87-46(4)51(35-75-87)50-21-22-55(79-60(50)65(94)95)85-30-10-13-49-45(3)61(82-83-62(49)85)81-67-78-52-14-7-8-16-54(52)100-67/h7-8,14,16-24,35,44,53,59,88H,9-13,15,25-34,36-43H2,1-6H3,(H,76,92)(H,77,93)(H,80,89)(H,94,95)(H3,73,74,96)(H,78,81,82)/t53-,59-,69-,70+,71?,72?/m0/s1. The molecule has 2 unspecified atom stereocenters. The molecule has 9 N–H and O–H groups in total. The number of primary amides is 1. The van der Waals surface area contributed by atoms with E-state index in [1.165, 1.54) is 12.2 Å². The van der Waals surface area contributed by atoms with E-state index in [9.17, 15) is 48.6 Å². The number of benzene rings is 2. The Labute approximate surface area is 584 Å². The van der Waals surface area contributed by atoms with Crippen LogP contribution in [-0.4, -0.2) is 162 Å². The number of thiazole rings is 1. The Morgan fingerprint density at radius 2 is 1.55 bits per heavy atom. The maximum atomic E-state index is 13.9. The van der Waals surface area contributed by atoms with Crippen LogP contribution in [0.4, 0.5) is 37.9 Å². The number of amides is 8. The van der Waals surface area contributed by atoms with Gasteiger partial charge in [0.2, 0.25) is 17.7 Å². The number of ether oxygens (including phenoxy) is 2. The van der Waals surface area contributed by atoms with E-state index in [4.69, 9.17) is 30.3 Å². The molecule has 0 saturated heterocycles. The quantitative estimate of drug-likeness (QED) is 0.0144. The number of aromatic carboxylic acids is 1. The second-order valence-corrected chi connectivity index (χ2v) is 29.9. The Morgan fingerprint density at radius 1 is 0.820 bits per heavy atom. The molecular weight excluding hydrogens is 1300 g/mol. The lowest BCUT2D eigenvalue weighted by molar-refractivity contribution is -0.198. The van der Waals surface area contributed by atoms with E-state index < -0.39 is 59.7 Å². The van der Waals surface area contributed by atoms with Gasteiger partial charge < -0.3 is 61.8 Å². The van der Waals surface area contributed by atoms with Gasteiger partial charge in [-0.3, -0.25) is 33.6 Å². The Kier molecular flexibility index (Phi) is 22.0. The molecule has 27 nitrogen and oxygen atoms in total. The number of carboxylic acid groups (broad SMARTS) is 1. The molecule has 6 heterocycles. The molecule has 532 valence electrons. The highest BCUT2D eigenvalue weighted by Crippen LogP contribution is 2.75. The molecule has 4 fully saturated rings. The normalized spacial score (nSPS) is 21.1. The number of anilines is 5. The number of carbonyl (C=O) groups excluding carboxylic acids is 7. The molecule has 12 rings (SSSR count). The first-order valence-electron chi connectivity index (χ1n) is 34.5. The molecule has 2 aliphatic heterocycles. The first-order chi connectivity index (χ1) is 47.8. The van der Waals surface area contributed by atoms with E-state index in [1.54, 1.807) is 60.5 Å². The molecule has 100 heavy (non-hydrogen) atoms. The van der Waals surface area contributed by atoms with Gasteiger partial charge in [-0.25, -0.2) is 24.4 Å². The zero-order chi connectivity index (χ0) is 71.1. The fraction of sp³-hybridized carbons (Fsp3) is 0.514. The molecule has 2 aromatic carbocycles. The van der Waals surface area contributed by atoms with Gasteiger partial charge in [-0.15, -0.1) is 10.2 Å². The number of nitrogens with two attached hydrogens (primary N) is 1. The molecule has 28 heteroatoms. The third kappa shape index (κ3) is 16.7. The second-order valence-electron chi connectivity index (χ2n) is 28.9. The lowest BCUT2D eigenvalue weighted by atomic mass is 9.35. The number of hydrogen-bond acceptors (Lipinski definition) is 19. The number of fused-ring (bicyclic) bond motifs is 2. The number of hydrogen-bond donors (Lipinski definition) is 8. The van der Waals surface area contributed by atoms with E-state index in [1.807, 2.05) is 55.1 Å². The van der Waals surface area contributed by atoms with E-state index in [0.29, 0.717) is 66.9 Å². The van der Waals surface area contributed by atoms with E-state index in [2.05, 4.69) is 55.3 Å². The number of pyridine rings is 1. The number of carbonyl (C=O) groups is 8. The minimum atomic E-state index is -1.14. The van der Waals surface area contributed by atoms with Crippen molar-refractivity contribution in [3.63, 3.8) is 0 Å². The maximum Gasteiger partial charge on any atom is 0.410 e. The summed E-state index contributed by atoms with van der Waals surface area (Å²) in [5.41, 5.74) is 11.4. The molecule has 6 aromatic rings. The van der Waals surface area contributed by atoms with E-state index >= 15 is 0 Å². The highest BCUT2D eigenvalue weighted by Gasteiger charge is 2.65. The van der Waals surface area contributed by atoms with Gasteiger partial charge in [0, 0.05) is 91.5 Å². The molecule has 4 bridgehead atoms. The monoisotopic (exact) mass is 1390 g/mol. The van der Waals surface area contributed by atoms with Crippen molar-refractivity contribution in [2.24, 2.45) is 33.3 Å². The first-order valence-corrected chi connectivity index (χ1v) is 35.4. The fourth-order valence-electron chi connectivity index (χ4n) is 17.0. The highest BCUT2D eigenvalue weighted by molar-refractivity contribution is 7.22. The number of carboxylic acids is 1. The van der Waals surface area contributed by atoms with Crippen LogP contribution < -0.4 is 37.2 Å². The molecular formula is C72H91N15O12S. The van der Waals surface area contributed by atoms with Crippen LogP contribution >= 0.6 is 11.3 Å². The summed E-state index contributed by atoms with van der Waals surface area (Å²) in [6, 6.07) is 15.5. The predicted molar refractivity (Wildman–Crippen MR) is 376 cm³/mol. The summed E-state index contributed by atoms with van der Waals surface area (Å²) in [5, 5.41) is 49.9. The van der Waals surface area contributed by atoms with Gasteiger partial charge in [-0.1, -0.05) is 63.3 Å². The van der Waals surface area contributed by atoms with Crippen molar-refractivity contribution in [1.29, 1.82) is 0 Å². The minimum absolute atomic E-state index is 0.0218. The van der Waals surface area contributed by atoms with Gasteiger partial charge in [-0.2, -0.15) is 5.10 Å². The third-order valence-electron chi connectivity index (χ3n) is 20.2. The van der Waals surface area contributed by atoms with Crippen LogP contribution in [0.5, 0.6) is 0 Å². The highest BCUT2D eigenvalue weighted by atomic mass is 32.1. The summed E-state index contributed by atoms with van der Waals surface area (Å²) in [6.07, 6.45) is 13.9. The van der Waals surface area contributed by atoms with Crippen molar-refractivity contribution in [3.8, 4) is 11.1 Å². The van der Waals surface area contributed by atoms with Crippen molar-refractivity contribution in [2.45, 2.75) is 157 Å². The van der Waals surface area contributed by atoms with Crippen LogP contribution in [0.25, 0.3) is 21.3 Å². The van der Waals surface area contributed by atoms with Crippen molar-refractivity contribution < 1.29 is 58.0 Å². The smallest absolute Gasteiger partial charge is 0.410 e. The summed E-state index contributed by atoms with van der Waals surface area (Å²) in [4.78, 5) is 117. The second kappa shape index (κ2) is 30.6. The number of para-hydroxylation sites is 1. The van der Waals surface area contributed by atoms with Crippen molar-refractivity contribution in [2.75, 3.05) is 68.1 Å². The maximum absolute atomic E-state index is 13.9. The Morgan fingerprint density at radius 3 is 2.26 bits per heavy atom. The zero-order valence-electron chi connectivity index (χ0n) is 57.7. The molecule has 4 aromatic heterocycles. The van der Waals surface area contributed by atoms with E-state index in [-0.39, 0.29) is 92.1 Å². The number of nitrogens with zero attached hydrogens (tertiary/aromatic N) is 9. The Balaban J connectivity index is 0.689. The molecule has 4 aliphatic carbocycles. The predicted octanol–water partition coefficient (Wildman–Crippen LogP) is 9.00. The molecule has 4 saturated carbocycles. The number of aliphatic hydroxyl groups is 1. The average molecular weight is 1390 g/mol. The Hall–Kier alpha value is -9.41.